The van der Waals surface area contributed by atoms with E-state index in [0.29, 0.717) is 23.9 Å². The highest BCUT2D eigenvalue weighted by molar-refractivity contribution is 6.30. The second-order valence-electron chi connectivity index (χ2n) is 4.88. The van der Waals surface area contributed by atoms with Gasteiger partial charge in [-0.15, -0.1) is 0 Å². The van der Waals surface area contributed by atoms with E-state index in [4.69, 9.17) is 25.8 Å². The summed E-state index contributed by atoms with van der Waals surface area (Å²) in [6, 6.07) is 5.31. The molecule has 1 heterocycles. The molecular formula is C15H20ClNO4. The fourth-order valence-corrected chi connectivity index (χ4v) is 2.33. The topological polar surface area (TPSA) is 56.8 Å². The summed E-state index contributed by atoms with van der Waals surface area (Å²) in [5.41, 5.74) is 0.870. The predicted molar refractivity (Wildman–Crippen MR) is 79.6 cm³/mol. The molecule has 5 nitrogen and oxygen atoms in total. The molecule has 1 aliphatic rings. The summed E-state index contributed by atoms with van der Waals surface area (Å²) in [5, 5.41) is 3.39. The minimum Gasteiger partial charge on any atom is -0.496 e. The molecule has 21 heavy (non-hydrogen) atoms. The van der Waals surface area contributed by atoms with E-state index in [0.717, 1.165) is 25.0 Å². The molecule has 6 heteroatoms. The molecule has 1 N–H and O–H groups in total. The zero-order valence-electron chi connectivity index (χ0n) is 12.1. The number of methoxy groups -OCH3 is 1. The van der Waals surface area contributed by atoms with Gasteiger partial charge in [-0.25, -0.2) is 0 Å². The minimum absolute atomic E-state index is 0.0375. The van der Waals surface area contributed by atoms with E-state index in [1.165, 1.54) is 0 Å². The van der Waals surface area contributed by atoms with Gasteiger partial charge in [0, 0.05) is 23.7 Å². The lowest BCUT2D eigenvalue weighted by atomic mass is 10.2. The molecule has 1 aromatic rings. The van der Waals surface area contributed by atoms with Crippen LogP contribution in [0.15, 0.2) is 18.2 Å². The van der Waals surface area contributed by atoms with E-state index >= 15 is 0 Å². The van der Waals surface area contributed by atoms with E-state index < -0.39 is 0 Å². The predicted octanol–water partition coefficient (Wildman–Crippen LogP) is 2.16. The van der Waals surface area contributed by atoms with Crippen LogP contribution in [-0.4, -0.2) is 38.9 Å². The van der Waals surface area contributed by atoms with E-state index in [1.807, 2.05) is 6.07 Å². The van der Waals surface area contributed by atoms with Crippen molar-refractivity contribution in [1.82, 2.24) is 5.32 Å². The zero-order valence-corrected chi connectivity index (χ0v) is 12.8. The van der Waals surface area contributed by atoms with Crippen LogP contribution in [0.4, 0.5) is 0 Å². The van der Waals surface area contributed by atoms with E-state index in [2.05, 4.69) is 5.32 Å². The summed E-state index contributed by atoms with van der Waals surface area (Å²) in [6.45, 7) is 1.67. The Morgan fingerprint density at radius 1 is 1.52 bits per heavy atom. The van der Waals surface area contributed by atoms with Crippen LogP contribution in [-0.2, 0) is 20.8 Å². The number of nitrogens with one attached hydrogen (secondary N) is 1. The van der Waals surface area contributed by atoms with Crippen molar-refractivity contribution in [3.05, 3.63) is 28.8 Å². The Morgan fingerprint density at radius 3 is 3.10 bits per heavy atom. The first-order valence-electron chi connectivity index (χ1n) is 6.97. The van der Waals surface area contributed by atoms with Gasteiger partial charge in [0.1, 0.15) is 12.4 Å². The van der Waals surface area contributed by atoms with Gasteiger partial charge in [0.15, 0.2) is 0 Å². The molecule has 0 aliphatic carbocycles. The van der Waals surface area contributed by atoms with Gasteiger partial charge in [0.2, 0.25) is 5.91 Å². The molecule has 1 fully saturated rings. The van der Waals surface area contributed by atoms with Crippen molar-refractivity contribution in [1.29, 1.82) is 0 Å². The molecule has 1 unspecified atom stereocenters. The molecule has 116 valence electrons. The Balaban J connectivity index is 1.70. The number of carbonyl (C=O) groups excluding carboxylic acids is 1. The third-order valence-electron chi connectivity index (χ3n) is 3.29. The second-order valence-corrected chi connectivity index (χ2v) is 5.32. The van der Waals surface area contributed by atoms with Gasteiger partial charge in [-0.1, -0.05) is 17.7 Å². The third-order valence-corrected chi connectivity index (χ3v) is 3.52. The Kier molecular flexibility index (Phi) is 6.29. The van der Waals surface area contributed by atoms with Crippen LogP contribution in [0.1, 0.15) is 18.4 Å². The minimum atomic E-state index is -0.162. The fourth-order valence-electron chi connectivity index (χ4n) is 2.17. The molecule has 0 spiro atoms. The van der Waals surface area contributed by atoms with Crippen molar-refractivity contribution in [2.24, 2.45) is 0 Å². The first kappa shape index (κ1) is 16.1. The van der Waals surface area contributed by atoms with Crippen molar-refractivity contribution in [3.8, 4) is 5.75 Å². The lowest BCUT2D eigenvalue weighted by Crippen LogP contribution is -2.28. The highest BCUT2D eigenvalue weighted by Crippen LogP contribution is 2.22. The maximum atomic E-state index is 11.7. The average Bonchev–Trinajstić information content (AvgIpc) is 2.99. The van der Waals surface area contributed by atoms with Gasteiger partial charge in [0.05, 0.1) is 19.8 Å². The second kappa shape index (κ2) is 8.22. The first-order chi connectivity index (χ1) is 10.2. The zero-order chi connectivity index (χ0) is 15.1. The molecule has 0 radical (unpaired) electrons. The Bertz CT molecular complexity index is 475. The largest absolute Gasteiger partial charge is 0.496 e. The third kappa shape index (κ3) is 5.19. The van der Waals surface area contributed by atoms with Crippen LogP contribution >= 0.6 is 11.6 Å². The monoisotopic (exact) mass is 313 g/mol. The lowest BCUT2D eigenvalue weighted by molar-refractivity contribution is -0.127. The maximum Gasteiger partial charge on any atom is 0.246 e. The summed E-state index contributed by atoms with van der Waals surface area (Å²) in [7, 11) is 1.57. The van der Waals surface area contributed by atoms with Crippen molar-refractivity contribution < 1.29 is 19.0 Å². The average molecular weight is 314 g/mol. The van der Waals surface area contributed by atoms with Gasteiger partial charge in [-0.05, 0) is 25.0 Å². The number of halogens is 1. The molecule has 1 amide bonds. The maximum absolute atomic E-state index is 11.7. The van der Waals surface area contributed by atoms with Crippen LogP contribution in [0.5, 0.6) is 5.75 Å². The molecule has 0 saturated carbocycles. The van der Waals surface area contributed by atoms with Gasteiger partial charge < -0.3 is 19.5 Å². The number of carbonyl (C=O) groups is 1. The standard InChI is InChI=1S/C15H20ClNO4/c1-19-14-7-12(16)5-4-11(14)8-17-15(18)10-20-9-13-3-2-6-21-13/h4-5,7,13H,2-3,6,8-10H2,1H3,(H,17,18). The highest BCUT2D eigenvalue weighted by Gasteiger charge is 2.16. The lowest BCUT2D eigenvalue weighted by Gasteiger charge is -2.12. The Labute approximate surface area is 129 Å². The summed E-state index contributed by atoms with van der Waals surface area (Å²) in [4.78, 5) is 11.7. The number of hydrogen-bond donors (Lipinski definition) is 1. The molecule has 1 saturated heterocycles. The van der Waals surface area contributed by atoms with Crippen molar-refractivity contribution >= 4 is 17.5 Å². The van der Waals surface area contributed by atoms with Gasteiger partial charge in [-0.3, -0.25) is 4.79 Å². The van der Waals surface area contributed by atoms with Crippen LogP contribution in [0.3, 0.4) is 0 Å². The van der Waals surface area contributed by atoms with Gasteiger partial charge in [0.25, 0.3) is 0 Å². The number of hydrogen-bond acceptors (Lipinski definition) is 4. The van der Waals surface area contributed by atoms with E-state index in [-0.39, 0.29) is 18.6 Å². The summed E-state index contributed by atoms with van der Waals surface area (Å²) >= 11 is 5.89. The Hall–Kier alpha value is -1.30. The van der Waals surface area contributed by atoms with Crippen LogP contribution in [0.25, 0.3) is 0 Å². The number of ether oxygens (including phenoxy) is 3. The summed E-state index contributed by atoms with van der Waals surface area (Å²) < 4.78 is 16.0. The number of benzene rings is 1. The number of amides is 1. The van der Waals surface area contributed by atoms with Crippen molar-refractivity contribution in [2.45, 2.75) is 25.5 Å². The fraction of sp³-hybridized carbons (Fsp3) is 0.533. The van der Waals surface area contributed by atoms with Crippen LogP contribution < -0.4 is 10.1 Å². The molecule has 0 aromatic heterocycles. The summed E-state index contributed by atoms with van der Waals surface area (Å²) in [6.07, 6.45) is 2.20. The molecule has 1 aromatic carbocycles. The summed E-state index contributed by atoms with van der Waals surface area (Å²) in [5.74, 6) is 0.494. The van der Waals surface area contributed by atoms with Gasteiger partial charge in [-0.2, -0.15) is 0 Å². The highest BCUT2D eigenvalue weighted by atomic mass is 35.5. The van der Waals surface area contributed by atoms with E-state index in [1.54, 1.807) is 19.2 Å². The Morgan fingerprint density at radius 2 is 2.38 bits per heavy atom. The number of rotatable bonds is 7. The first-order valence-corrected chi connectivity index (χ1v) is 7.35. The molecule has 1 aliphatic heterocycles. The molecule has 0 bridgehead atoms. The van der Waals surface area contributed by atoms with Crippen molar-refractivity contribution in [3.63, 3.8) is 0 Å². The normalized spacial score (nSPS) is 17.7. The van der Waals surface area contributed by atoms with Crippen molar-refractivity contribution in [2.75, 3.05) is 26.9 Å². The van der Waals surface area contributed by atoms with Crippen LogP contribution in [0, 0.1) is 0 Å². The van der Waals surface area contributed by atoms with Crippen LogP contribution in [0.2, 0.25) is 5.02 Å². The molecule has 2 rings (SSSR count). The SMILES string of the molecule is COc1cc(Cl)ccc1CNC(=O)COCC1CCCO1. The quantitative estimate of drug-likeness (QED) is 0.838. The smallest absolute Gasteiger partial charge is 0.246 e. The molecule has 1 atom stereocenters. The van der Waals surface area contributed by atoms with Gasteiger partial charge >= 0.3 is 0 Å². The van der Waals surface area contributed by atoms with E-state index in [9.17, 15) is 4.79 Å². The molecular weight excluding hydrogens is 294 g/mol.